The molecule has 18 heavy (non-hydrogen) atoms. The van der Waals surface area contributed by atoms with Gasteiger partial charge in [-0.2, -0.15) is 0 Å². The molecular formula is C13H20BNO3. The Hall–Kier alpha value is -0.905. The Labute approximate surface area is 108 Å². The van der Waals surface area contributed by atoms with Gasteiger partial charge in [0.15, 0.2) is 0 Å². The minimum Gasteiger partial charge on any atom is -0.399 e. The summed E-state index contributed by atoms with van der Waals surface area (Å²) in [6.07, 6.45) is 2.83. The second-order valence-electron chi connectivity index (χ2n) is 5.82. The minimum absolute atomic E-state index is 0.363. The smallest absolute Gasteiger partial charge is 0.399 e. The van der Waals surface area contributed by atoms with Crippen molar-refractivity contribution in [2.45, 2.75) is 51.9 Å². The summed E-state index contributed by atoms with van der Waals surface area (Å²) >= 11 is 0. The average Bonchev–Trinajstić information content (AvgIpc) is 2.48. The van der Waals surface area contributed by atoms with E-state index >= 15 is 0 Å². The monoisotopic (exact) mass is 249 g/mol. The average molecular weight is 249 g/mol. The summed E-state index contributed by atoms with van der Waals surface area (Å²) in [5.74, 6) is 0. The molecule has 4 nitrogen and oxygen atoms in total. The summed E-state index contributed by atoms with van der Waals surface area (Å²) in [7, 11) is -0.429. The van der Waals surface area contributed by atoms with E-state index in [1.165, 1.54) is 0 Å². The summed E-state index contributed by atoms with van der Waals surface area (Å²) in [5, 5.41) is 9.57. The molecule has 0 aromatic carbocycles. The highest BCUT2D eigenvalue weighted by Crippen LogP contribution is 2.36. The van der Waals surface area contributed by atoms with Crippen LogP contribution in [0.25, 0.3) is 0 Å². The Kier molecular flexibility index (Phi) is 3.26. The lowest BCUT2D eigenvalue weighted by atomic mass is 9.79. The van der Waals surface area contributed by atoms with Crippen molar-refractivity contribution < 1.29 is 14.4 Å². The van der Waals surface area contributed by atoms with Crippen molar-refractivity contribution in [3.8, 4) is 0 Å². The SMILES string of the molecule is CC(O)c1cncc(B2OC(C)(C)C(C)(C)O2)c1. The Balaban J connectivity index is 2.27. The first-order valence-corrected chi connectivity index (χ1v) is 6.21. The van der Waals surface area contributed by atoms with Crippen LogP contribution >= 0.6 is 0 Å². The summed E-state index contributed by atoms with van der Waals surface area (Å²) in [4.78, 5) is 4.13. The van der Waals surface area contributed by atoms with Crippen molar-refractivity contribution in [1.29, 1.82) is 0 Å². The molecule has 0 spiro atoms. The van der Waals surface area contributed by atoms with Crippen LogP contribution < -0.4 is 5.46 Å². The van der Waals surface area contributed by atoms with Gasteiger partial charge in [-0.15, -0.1) is 0 Å². The van der Waals surface area contributed by atoms with E-state index in [1.807, 2.05) is 33.8 Å². The molecular weight excluding hydrogens is 229 g/mol. The minimum atomic E-state index is -0.542. The molecule has 1 aromatic rings. The Morgan fingerprint density at radius 3 is 2.22 bits per heavy atom. The van der Waals surface area contributed by atoms with Crippen molar-refractivity contribution in [3.05, 3.63) is 24.0 Å². The first-order chi connectivity index (χ1) is 8.23. The van der Waals surface area contributed by atoms with Crippen molar-refractivity contribution in [1.82, 2.24) is 4.98 Å². The summed E-state index contributed by atoms with van der Waals surface area (Å²) in [6.45, 7) is 9.76. The largest absolute Gasteiger partial charge is 0.496 e. The molecule has 1 aliphatic heterocycles. The third-order valence-electron chi connectivity index (χ3n) is 3.79. The van der Waals surface area contributed by atoms with Crippen LogP contribution in [0, 0.1) is 0 Å². The molecule has 1 N–H and O–H groups in total. The standard InChI is InChI=1S/C13H20BNO3/c1-9(16)10-6-11(8-15-7-10)14-17-12(2,3)13(4,5)18-14/h6-9,16H,1-5H3. The third-order valence-corrected chi connectivity index (χ3v) is 3.79. The fraction of sp³-hybridized carbons (Fsp3) is 0.615. The molecule has 1 unspecified atom stereocenters. The fourth-order valence-electron chi connectivity index (χ4n) is 1.81. The Morgan fingerprint density at radius 2 is 1.72 bits per heavy atom. The zero-order valence-electron chi connectivity index (χ0n) is 11.6. The van der Waals surface area contributed by atoms with Gasteiger partial charge in [0.1, 0.15) is 0 Å². The maximum Gasteiger partial charge on any atom is 0.496 e. The molecule has 0 radical (unpaired) electrons. The quantitative estimate of drug-likeness (QED) is 0.805. The number of aromatic nitrogens is 1. The Bertz CT molecular complexity index is 430. The van der Waals surface area contributed by atoms with Gasteiger partial charge >= 0.3 is 7.12 Å². The highest BCUT2D eigenvalue weighted by atomic mass is 16.7. The number of aliphatic hydroxyl groups excluding tert-OH is 1. The van der Waals surface area contributed by atoms with Crippen LogP contribution in [0.15, 0.2) is 18.5 Å². The van der Waals surface area contributed by atoms with Crippen LogP contribution in [0.5, 0.6) is 0 Å². The molecule has 1 aliphatic rings. The van der Waals surface area contributed by atoms with Crippen molar-refractivity contribution in [2.75, 3.05) is 0 Å². The van der Waals surface area contributed by atoms with Gasteiger partial charge in [-0.1, -0.05) is 6.07 Å². The maximum atomic E-state index is 9.57. The first-order valence-electron chi connectivity index (χ1n) is 6.21. The van der Waals surface area contributed by atoms with E-state index in [9.17, 15) is 5.11 Å². The lowest BCUT2D eigenvalue weighted by molar-refractivity contribution is 0.00578. The number of rotatable bonds is 2. The van der Waals surface area contributed by atoms with Crippen LogP contribution in [0.2, 0.25) is 0 Å². The van der Waals surface area contributed by atoms with Crippen LogP contribution in [0.4, 0.5) is 0 Å². The third kappa shape index (κ3) is 2.30. The molecule has 0 bridgehead atoms. The lowest BCUT2D eigenvalue weighted by Gasteiger charge is -2.32. The van der Waals surface area contributed by atoms with Gasteiger partial charge in [-0.3, -0.25) is 4.98 Å². The molecule has 1 saturated heterocycles. The molecule has 1 fully saturated rings. The molecule has 2 heterocycles. The Morgan fingerprint density at radius 1 is 1.17 bits per heavy atom. The second kappa shape index (κ2) is 4.33. The number of pyridine rings is 1. The predicted octanol–water partition coefficient (Wildman–Crippen LogP) is 1.43. The van der Waals surface area contributed by atoms with E-state index in [2.05, 4.69) is 4.98 Å². The van der Waals surface area contributed by atoms with Crippen LogP contribution in [-0.4, -0.2) is 28.4 Å². The van der Waals surface area contributed by atoms with Gasteiger partial charge in [-0.05, 0) is 40.2 Å². The first kappa shape index (κ1) is 13.5. The van der Waals surface area contributed by atoms with E-state index in [0.29, 0.717) is 0 Å². The van der Waals surface area contributed by atoms with Crippen molar-refractivity contribution >= 4 is 12.6 Å². The molecule has 0 saturated carbocycles. The van der Waals surface area contributed by atoms with Gasteiger partial charge < -0.3 is 14.4 Å². The summed E-state index contributed by atoms with van der Waals surface area (Å²) in [6, 6.07) is 1.87. The van der Waals surface area contributed by atoms with Crippen LogP contribution in [-0.2, 0) is 9.31 Å². The van der Waals surface area contributed by atoms with E-state index in [0.717, 1.165) is 11.0 Å². The zero-order valence-corrected chi connectivity index (χ0v) is 11.6. The van der Waals surface area contributed by atoms with Crippen molar-refractivity contribution in [3.63, 3.8) is 0 Å². The van der Waals surface area contributed by atoms with Gasteiger partial charge in [-0.25, -0.2) is 0 Å². The van der Waals surface area contributed by atoms with Crippen molar-refractivity contribution in [2.24, 2.45) is 0 Å². The highest BCUT2D eigenvalue weighted by molar-refractivity contribution is 6.62. The number of hydrogen-bond donors (Lipinski definition) is 1. The fourth-order valence-corrected chi connectivity index (χ4v) is 1.81. The van der Waals surface area contributed by atoms with Gasteiger partial charge in [0, 0.05) is 17.9 Å². The molecule has 5 heteroatoms. The number of hydrogen-bond acceptors (Lipinski definition) is 4. The van der Waals surface area contributed by atoms with E-state index in [4.69, 9.17) is 9.31 Å². The topological polar surface area (TPSA) is 51.6 Å². The van der Waals surface area contributed by atoms with Gasteiger partial charge in [0.2, 0.25) is 0 Å². The molecule has 0 amide bonds. The van der Waals surface area contributed by atoms with Crippen LogP contribution in [0.3, 0.4) is 0 Å². The highest BCUT2D eigenvalue weighted by Gasteiger charge is 2.51. The maximum absolute atomic E-state index is 9.57. The number of nitrogens with zero attached hydrogens (tertiary/aromatic N) is 1. The molecule has 2 rings (SSSR count). The molecule has 1 atom stereocenters. The van der Waals surface area contributed by atoms with Crippen LogP contribution in [0.1, 0.15) is 46.3 Å². The van der Waals surface area contributed by atoms with E-state index < -0.39 is 13.2 Å². The lowest BCUT2D eigenvalue weighted by Crippen LogP contribution is -2.41. The molecule has 98 valence electrons. The summed E-state index contributed by atoms with van der Waals surface area (Å²) in [5.41, 5.74) is 0.881. The summed E-state index contributed by atoms with van der Waals surface area (Å²) < 4.78 is 11.9. The zero-order chi connectivity index (χ0) is 13.6. The molecule has 1 aromatic heterocycles. The second-order valence-corrected chi connectivity index (χ2v) is 5.82. The predicted molar refractivity (Wildman–Crippen MR) is 70.6 cm³/mol. The van der Waals surface area contributed by atoms with E-state index in [1.54, 1.807) is 19.3 Å². The molecule has 0 aliphatic carbocycles. The van der Waals surface area contributed by atoms with Gasteiger partial charge in [0.05, 0.1) is 17.3 Å². The normalized spacial score (nSPS) is 23.1. The number of aliphatic hydroxyl groups is 1. The van der Waals surface area contributed by atoms with Gasteiger partial charge in [0.25, 0.3) is 0 Å². The van der Waals surface area contributed by atoms with E-state index in [-0.39, 0.29) is 11.2 Å².